The Labute approximate surface area is 170 Å². The monoisotopic (exact) mass is 387 g/mol. The maximum absolute atomic E-state index is 12.7. The molecule has 1 aromatic heterocycles. The van der Waals surface area contributed by atoms with Crippen LogP contribution in [0.2, 0.25) is 0 Å². The van der Waals surface area contributed by atoms with E-state index in [1.807, 2.05) is 47.6 Å². The molecular weight excluding hydrogens is 362 g/mol. The molecule has 1 saturated heterocycles. The number of nitrogens with one attached hydrogen (secondary N) is 1. The van der Waals surface area contributed by atoms with E-state index in [4.69, 9.17) is 5.10 Å². The van der Waals surface area contributed by atoms with Crippen molar-refractivity contribution in [2.45, 2.75) is 24.4 Å². The van der Waals surface area contributed by atoms with E-state index in [0.29, 0.717) is 0 Å². The van der Waals surface area contributed by atoms with Crippen molar-refractivity contribution in [1.82, 2.24) is 25.1 Å². The van der Waals surface area contributed by atoms with Gasteiger partial charge in [0.15, 0.2) is 0 Å². The minimum atomic E-state index is -0.628. The molecule has 4 heterocycles. The molecule has 2 aromatic rings. The molecule has 6 nitrogen and oxygen atoms in total. The number of piperidine rings is 1. The van der Waals surface area contributed by atoms with Crippen LogP contribution in [0, 0.1) is 0 Å². The summed E-state index contributed by atoms with van der Waals surface area (Å²) >= 11 is 0. The summed E-state index contributed by atoms with van der Waals surface area (Å²) in [5, 5.41) is 6.93. The van der Waals surface area contributed by atoms with Crippen molar-refractivity contribution < 1.29 is 0 Å². The fraction of sp³-hybridized carbons (Fsp3) is 0.304. The van der Waals surface area contributed by atoms with Crippen molar-refractivity contribution in [2.75, 3.05) is 20.1 Å². The number of hydrazine groups is 1. The van der Waals surface area contributed by atoms with Gasteiger partial charge in [-0.05, 0) is 62.8 Å². The van der Waals surface area contributed by atoms with Crippen LogP contribution in [0.25, 0.3) is 0 Å². The smallest absolute Gasteiger partial charge is 0.267 e. The minimum Gasteiger partial charge on any atom is -0.306 e. The van der Waals surface area contributed by atoms with Crippen LogP contribution < -0.4 is 11.0 Å². The van der Waals surface area contributed by atoms with Gasteiger partial charge in [0.2, 0.25) is 0 Å². The summed E-state index contributed by atoms with van der Waals surface area (Å²) in [6.45, 7) is 1.97. The Bertz CT molecular complexity index is 1050. The highest BCUT2D eigenvalue weighted by molar-refractivity contribution is 5.47. The first kappa shape index (κ1) is 18.1. The largest absolute Gasteiger partial charge is 0.306 e. The number of likely N-dealkylation sites (tertiary alicyclic amines) is 1. The van der Waals surface area contributed by atoms with Crippen LogP contribution >= 0.6 is 0 Å². The van der Waals surface area contributed by atoms with Gasteiger partial charge in [-0.15, -0.1) is 0 Å². The molecule has 1 unspecified atom stereocenters. The number of hydrogen-bond acceptors (Lipinski definition) is 5. The average molecular weight is 387 g/mol. The molecule has 0 saturated carbocycles. The van der Waals surface area contributed by atoms with Gasteiger partial charge in [-0.3, -0.25) is 9.80 Å². The van der Waals surface area contributed by atoms with Crippen molar-refractivity contribution in [1.29, 1.82) is 0 Å². The Morgan fingerprint density at radius 1 is 1.07 bits per heavy atom. The third kappa shape index (κ3) is 3.14. The Hall–Kier alpha value is -2.96. The topological polar surface area (TPSA) is 53.4 Å². The highest BCUT2D eigenvalue weighted by Gasteiger charge is 2.41. The van der Waals surface area contributed by atoms with E-state index >= 15 is 0 Å². The maximum Gasteiger partial charge on any atom is 0.267 e. The van der Waals surface area contributed by atoms with Gasteiger partial charge in [-0.25, -0.2) is 10.1 Å². The molecule has 6 heteroatoms. The molecular formula is C23H25N5O. The summed E-state index contributed by atoms with van der Waals surface area (Å²) in [6, 6.07) is 13.9. The van der Waals surface area contributed by atoms with Crippen molar-refractivity contribution in [3.63, 3.8) is 0 Å². The number of benzene rings is 1. The summed E-state index contributed by atoms with van der Waals surface area (Å²) in [6.07, 6.45) is 12.2. The molecule has 3 aliphatic heterocycles. The molecule has 0 spiro atoms. The van der Waals surface area contributed by atoms with Crippen LogP contribution in [0.15, 0.2) is 83.5 Å². The number of aromatic nitrogens is 2. The zero-order valence-electron chi connectivity index (χ0n) is 16.5. The SMILES string of the molecule is CN1CCC(n2nc(C3(c4ccccc4)C=C4C=CC=CN4N3)ccc2=O)CC1. The fourth-order valence-corrected chi connectivity index (χ4v) is 4.38. The first-order chi connectivity index (χ1) is 14.2. The molecule has 148 valence electrons. The predicted octanol–water partition coefficient (Wildman–Crippen LogP) is 2.54. The summed E-state index contributed by atoms with van der Waals surface area (Å²) in [4.78, 5) is 15.0. The van der Waals surface area contributed by atoms with Crippen molar-refractivity contribution in [2.24, 2.45) is 0 Å². The summed E-state index contributed by atoms with van der Waals surface area (Å²) in [7, 11) is 2.12. The van der Waals surface area contributed by atoms with Gasteiger partial charge >= 0.3 is 0 Å². The van der Waals surface area contributed by atoms with Gasteiger partial charge in [-0.2, -0.15) is 5.10 Å². The molecule has 5 rings (SSSR count). The molecule has 1 atom stereocenters. The lowest BCUT2D eigenvalue weighted by Crippen LogP contribution is -2.46. The minimum absolute atomic E-state index is 0.0327. The Kier molecular flexibility index (Phi) is 4.45. The molecule has 0 amide bonds. The number of allylic oxidation sites excluding steroid dienone is 3. The second-order valence-electron chi connectivity index (χ2n) is 7.96. The third-order valence-corrected chi connectivity index (χ3v) is 6.04. The molecule has 3 aliphatic rings. The summed E-state index contributed by atoms with van der Waals surface area (Å²) in [5.74, 6) is 0. The van der Waals surface area contributed by atoms with Crippen LogP contribution in [0.5, 0.6) is 0 Å². The predicted molar refractivity (Wildman–Crippen MR) is 113 cm³/mol. The number of hydrogen-bond donors (Lipinski definition) is 1. The van der Waals surface area contributed by atoms with Gasteiger partial charge in [0, 0.05) is 12.3 Å². The van der Waals surface area contributed by atoms with E-state index in [2.05, 4.69) is 41.7 Å². The van der Waals surface area contributed by atoms with Gasteiger partial charge < -0.3 is 4.90 Å². The highest BCUT2D eigenvalue weighted by atomic mass is 16.1. The summed E-state index contributed by atoms with van der Waals surface area (Å²) in [5.41, 5.74) is 5.93. The lowest BCUT2D eigenvalue weighted by molar-refractivity contribution is 0.205. The number of fused-ring (bicyclic) bond motifs is 1. The van der Waals surface area contributed by atoms with E-state index in [1.54, 1.807) is 10.7 Å². The molecule has 1 aromatic carbocycles. The molecule has 1 N–H and O–H groups in total. The van der Waals surface area contributed by atoms with Crippen LogP contribution in [0.4, 0.5) is 0 Å². The molecule has 1 fully saturated rings. The van der Waals surface area contributed by atoms with Crippen LogP contribution in [0.3, 0.4) is 0 Å². The molecule has 0 aliphatic carbocycles. The number of nitrogens with zero attached hydrogens (tertiary/aromatic N) is 4. The number of rotatable bonds is 3. The Morgan fingerprint density at radius 2 is 1.86 bits per heavy atom. The molecule has 29 heavy (non-hydrogen) atoms. The second-order valence-corrected chi connectivity index (χ2v) is 7.96. The average Bonchev–Trinajstić information content (AvgIpc) is 3.16. The van der Waals surface area contributed by atoms with Crippen molar-refractivity contribution in [3.8, 4) is 0 Å². The Balaban J connectivity index is 1.62. The van der Waals surface area contributed by atoms with Crippen LogP contribution in [-0.2, 0) is 5.54 Å². The molecule has 0 bridgehead atoms. The van der Waals surface area contributed by atoms with Gasteiger partial charge in [0.1, 0.15) is 5.54 Å². The van der Waals surface area contributed by atoms with E-state index in [0.717, 1.165) is 42.9 Å². The van der Waals surface area contributed by atoms with Crippen LogP contribution in [-0.4, -0.2) is 39.8 Å². The second kappa shape index (κ2) is 7.13. The van der Waals surface area contributed by atoms with E-state index in [-0.39, 0.29) is 11.6 Å². The third-order valence-electron chi connectivity index (χ3n) is 6.04. The van der Waals surface area contributed by atoms with Gasteiger partial charge in [0.05, 0.1) is 17.4 Å². The van der Waals surface area contributed by atoms with Gasteiger partial charge in [0.25, 0.3) is 5.56 Å². The first-order valence-corrected chi connectivity index (χ1v) is 10.1. The normalized spacial score (nSPS) is 24.6. The van der Waals surface area contributed by atoms with E-state index in [9.17, 15) is 4.79 Å². The van der Waals surface area contributed by atoms with Crippen LogP contribution in [0.1, 0.15) is 30.1 Å². The zero-order chi connectivity index (χ0) is 19.8. The fourth-order valence-electron chi connectivity index (χ4n) is 4.38. The summed E-state index contributed by atoms with van der Waals surface area (Å²) < 4.78 is 1.70. The lowest BCUT2D eigenvalue weighted by Gasteiger charge is -2.33. The lowest BCUT2D eigenvalue weighted by atomic mass is 9.87. The van der Waals surface area contributed by atoms with Crippen molar-refractivity contribution in [3.05, 3.63) is 100 Å². The van der Waals surface area contributed by atoms with E-state index < -0.39 is 5.54 Å². The quantitative estimate of drug-likeness (QED) is 0.877. The highest BCUT2D eigenvalue weighted by Crippen LogP contribution is 2.37. The van der Waals surface area contributed by atoms with E-state index in [1.165, 1.54) is 0 Å². The Morgan fingerprint density at radius 3 is 2.62 bits per heavy atom. The standard InChI is InChI=1S/C23H25N5O/c1-26-15-12-19(13-16-26)28-22(29)11-10-21(24-28)23(18-7-3-2-4-8-18)17-20-9-5-6-14-27(20)25-23/h2-11,14,17,19,25H,12-13,15-16H2,1H3. The zero-order valence-corrected chi connectivity index (χ0v) is 16.5. The first-order valence-electron chi connectivity index (χ1n) is 10.1. The van der Waals surface area contributed by atoms with Crippen molar-refractivity contribution >= 4 is 0 Å². The molecule has 0 radical (unpaired) electrons. The van der Waals surface area contributed by atoms with Gasteiger partial charge in [-0.1, -0.05) is 36.4 Å². The maximum atomic E-state index is 12.7.